The lowest BCUT2D eigenvalue weighted by Gasteiger charge is -1.96. The minimum absolute atomic E-state index is 0.998. The van der Waals surface area contributed by atoms with Gasteiger partial charge in [-0.2, -0.15) is 0 Å². The zero-order chi connectivity index (χ0) is 12.5. The van der Waals surface area contributed by atoms with Gasteiger partial charge in [-0.3, -0.25) is 0 Å². The molecule has 0 unspecified atom stereocenters. The van der Waals surface area contributed by atoms with Gasteiger partial charge in [0.2, 0.25) is 0 Å². The van der Waals surface area contributed by atoms with Crippen molar-refractivity contribution in [1.29, 1.82) is 0 Å². The fraction of sp³-hybridized carbons (Fsp3) is 0.133. The van der Waals surface area contributed by atoms with E-state index in [4.69, 9.17) is 4.99 Å². The minimum atomic E-state index is 0.998. The molecule has 3 heteroatoms. The number of thiazole rings is 1. The fourth-order valence-corrected chi connectivity index (χ4v) is 3.11. The van der Waals surface area contributed by atoms with Crippen LogP contribution in [0.25, 0.3) is 10.2 Å². The van der Waals surface area contributed by atoms with Crippen molar-refractivity contribution in [3.8, 4) is 0 Å². The average molecular weight is 254 g/mol. The van der Waals surface area contributed by atoms with Gasteiger partial charge in [0.1, 0.15) is 0 Å². The van der Waals surface area contributed by atoms with E-state index >= 15 is 0 Å². The van der Waals surface area contributed by atoms with E-state index in [1.54, 1.807) is 11.3 Å². The van der Waals surface area contributed by atoms with Crippen LogP contribution in [0.5, 0.6) is 0 Å². The van der Waals surface area contributed by atoms with Gasteiger partial charge in [-0.1, -0.05) is 41.7 Å². The molecule has 3 rings (SSSR count). The van der Waals surface area contributed by atoms with E-state index in [0.29, 0.717) is 0 Å². The van der Waals surface area contributed by atoms with Gasteiger partial charge in [0.05, 0.1) is 15.9 Å². The fourth-order valence-electron chi connectivity index (χ4n) is 2.01. The van der Waals surface area contributed by atoms with Crippen LogP contribution in [-0.4, -0.2) is 4.57 Å². The van der Waals surface area contributed by atoms with Gasteiger partial charge in [-0.15, -0.1) is 0 Å². The Kier molecular flexibility index (Phi) is 2.76. The summed E-state index contributed by atoms with van der Waals surface area (Å²) in [7, 11) is 2.07. The first-order chi connectivity index (χ1) is 8.75. The molecule has 0 fully saturated rings. The normalized spacial score (nSPS) is 12.2. The van der Waals surface area contributed by atoms with Crippen molar-refractivity contribution in [3.63, 3.8) is 0 Å². The van der Waals surface area contributed by atoms with Gasteiger partial charge in [0.25, 0.3) is 0 Å². The van der Waals surface area contributed by atoms with E-state index < -0.39 is 0 Å². The predicted octanol–water partition coefficient (Wildman–Crippen LogP) is 3.78. The van der Waals surface area contributed by atoms with Gasteiger partial charge in [0, 0.05) is 7.05 Å². The second-order valence-corrected chi connectivity index (χ2v) is 5.29. The summed E-state index contributed by atoms with van der Waals surface area (Å²) in [6.07, 6.45) is 0. The van der Waals surface area contributed by atoms with Crippen LogP contribution in [0, 0.1) is 6.92 Å². The van der Waals surface area contributed by atoms with Crippen LogP contribution in [0.4, 0.5) is 5.69 Å². The van der Waals surface area contributed by atoms with Crippen LogP contribution in [-0.2, 0) is 7.05 Å². The van der Waals surface area contributed by atoms with Crippen molar-refractivity contribution in [2.75, 3.05) is 0 Å². The Labute approximate surface area is 110 Å². The summed E-state index contributed by atoms with van der Waals surface area (Å²) in [5, 5.41) is 0. The summed E-state index contributed by atoms with van der Waals surface area (Å²) >= 11 is 1.74. The van der Waals surface area contributed by atoms with Crippen LogP contribution >= 0.6 is 11.3 Å². The molecule has 0 amide bonds. The highest BCUT2D eigenvalue weighted by molar-refractivity contribution is 7.16. The highest BCUT2D eigenvalue weighted by Crippen LogP contribution is 2.21. The summed E-state index contributed by atoms with van der Waals surface area (Å²) in [4.78, 5) is 5.73. The standard InChI is InChI=1S/C15H14N2S/c1-11-7-6-10-13-14(11)18-15(17(13)2)16-12-8-4-3-5-9-12/h3-10H,1-2H3. The third-order valence-electron chi connectivity index (χ3n) is 3.01. The third kappa shape index (κ3) is 1.87. The second kappa shape index (κ2) is 4.42. The highest BCUT2D eigenvalue weighted by Gasteiger charge is 2.04. The smallest absolute Gasteiger partial charge is 0.190 e. The molecule has 0 radical (unpaired) electrons. The summed E-state index contributed by atoms with van der Waals surface area (Å²) in [5.74, 6) is 0. The Hall–Kier alpha value is -1.87. The Bertz CT molecular complexity index is 751. The third-order valence-corrected chi connectivity index (χ3v) is 4.30. The molecular formula is C15H14N2S. The second-order valence-electron chi connectivity index (χ2n) is 4.31. The monoisotopic (exact) mass is 254 g/mol. The molecule has 0 spiro atoms. The Morgan fingerprint density at radius 3 is 2.50 bits per heavy atom. The topological polar surface area (TPSA) is 17.3 Å². The first-order valence-corrected chi connectivity index (χ1v) is 6.72. The molecule has 0 N–H and O–H groups in total. The van der Waals surface area contributed by atoms with Crippen molar-refractivity contribution in [2.45, 2.75) is 6.92 Å². The SMILES string of the molecule is Cc1cccc2c1sc(=Nc1ccccc1)n2C. The molecular weight excluding hydrogens is 240 g/mol. The summed E-state index contributed by atoms with van der Waals surface area (Å²) in [6, 6.07) is 16.5. The molecule has 2 nitrogen and oxygen atoms in total. The van der Waals surface area contributed by atoms with E-state index in [1.807, 2.05) is 30.3 Å². The van der Waals surface area contributed by atoms with Crippen molar-refractivity contribution < 1.29 is 0 Å². The van der Waals surface area contributed by atoms with Crippen LogP contribution in [0.3, 0.4) is 0 Å². The maximum Gasteiger partial charge on any atom is 0.190 e. The van der Waals surface area contributed by atoms with E-state index in [1.165, 1.54) is 15.8 Å². The van der Waals surface area contributed by atoms with Crippen molar-refractivity contribution in [2.24, 2.45) is 12.0 Å². The molecule has 0 aliphatic heterocycles. The first kappa shape index (κ1) is 11.2. The number of para-hydroxylation sites is 1. The molecule has 0 bridgehead atoms. The van der Waals surface area contributed by atoms with Gasteiger partial charge in [-0.05, 0) is 30.7 Å². The minimum Gasteiger partial charge on any atom is -0.320 e. The molecule has 0 aliphatic carbocycles. The molecule has 0 aliphatic rings. The molecule has 0 atom stereocenters. The summed E-state index contributed by atoms with van der Waals surface area (Å²) < 4.78 is 3.47. The number of rotatable bonds is 1. The maximum absolute atomic E-state index is 4.70. The van der Waals surface area contributed by atoms with Crippen LogP contribution < -0.4 is 4.80 Å². The zero-order valence-electron chi connectivity index (χ0n) is 10.4. The number of nitrogens with zero attached hydrogens (tertiary/aromatic N) is 2. The molecule has 0 saturated heterocycles. The van der Waals surface area contributed by atoms with Crippen LogP contribution in [0.15, 0.2) is 53.5 Å². The Morgan fingerprint density at radius 2 is 1.78 bits per heavy atom. The molecule has 1 aromatic heterocycles. The maximum atomic E-state index is 4.70. The number of aromatic nitrogens is 1. The summed E-state index contributed by atoms with van der Waals surface area (Å²) in [6.45, 7) is 2.14. The number of hydrogen-bond donors (Lipinski definition) is 0. The van der Waals surface area contributed by atoms with Gasteiger partial charge in [-0.25, -0.2) is 4.99 Å². The summed E-state index contributed by atoms with van der Waals surface area (Å²) in [5.41, 5.74) is 3.55. The lowest BCUT2D eigenvalue weighted by Crippen LogP contribution is -2.08. The molecule has 2 aromatic carbocycles. The number of benzene rings is 2. The number of fused-ring (bicyclic) bond motifs is 1. The lowest BCUT2D eigenvalue weighted by molar-refractivity contribution is 0.912. The first-order valence-electron chi connectivity index (χ1n) is 5.90. The van der Waals surface area contributed by atoms with Crippen molar-refractivity contribution >= 4 is 27.2 Å². The quantitative estimate of drug-likeness (QED) is 0.629. The van der Waals surface area contributed by atoms with Gasteiger partial charge in [0.15, 0.2) is 4.80 Å². The van der Waals surface area contributed by atoms with Crippen molar-refractivity contribution in [3.05, 3.63) is 58.9 Å². The van der Waals surface area contributed by atoms with E-state index in [0.717, 1.165) is 10.5 Å². The van der Waals surface area contributed by atoms with Crippen LogP contribution in [0.2, 0.25) is 0 Å². The number of aryl methyl sites for hydroxylation is 2. The van der Waals surface area contributed by atoms with E-state index in [2.05, 4.69) is 36.7 Å². The largest absolute Gasteiger partial charge is 0.320 e. The van der Waals surface area contributed by atoms with Crippen LogP contribution in [0.1, 0.15) is 5.56 Å². The van der Waals surface area contributed by atoms with E-state index in [9.17, 15) is 0 Å². The Morgan fingerprint density at radius 1 is 1.00 bits per heavy atom. The lowest BCUT2D eigenvalue weighted by atomic mass is 10.2. The molecule has 3 aromatic rings. The van der Waals surface area contributed by atoms with E-state index in [-0.39, 0.29) is 0 Å². The molecule has 0 saturated carbocycles. The number of hydrogen-bond acceptors (Lipinski definition) is 2. The molecule has 18 heavy (non-hydrogen) atoms. The Balaban J connectivity index is 2.28. The molecule has 90 valence electrons. The highest BCUT2D eigenvalue weighted by atomic mass is 32.1. The molecule has 1 heterocycles. The van der Waals surface area contributed by atoms with Gasteiger partial charge >= 0.3 is 0 Å². The van der Waals surface area contributed by atoms with Gasteiger partial charge < -0.3 is 4.57 Å². The predicted molar refractivity (Wildman–Crippen MR) is 77.2 cm³/mol. The average Bonchev–Trinajstić information content (AvgIpc) is 2.70. The van der Waals surface area contributed by atoms with Crippen molar-refractivity contribution in [1.82, 2.24) is 4.57 Å². The zero-order valence-corrected chi connectivity index (χ0v) is 11.2.